The van der Waals surface area contributed by atoms with Crippen LogP contribution >= 0.6 is 22.6 Å². The molecular weight excluding hydrogens is 385 g/mol. The molecule has 0 unspecified atom stereocenters. The first-order chi connectivity index (χ1) is 9.54. The zero-order valence-electron chi connectivity index (χ0n) is 10.3. The van der Waals surface area contributed by atoms with Gasteiger partial charge in [-0.2, -0.15) is 5.26 Å². The van der Waals surface area contributed by atoms with Crippen LogP contribution in [0.5, 0.6) is 0 Å². The monoisotopic (exact) mass is 395 g/mol. The highest BCUT2D eigenvalue weighted by molar-refractivity contribution is 14.1. The number of nitrogens with zero attached hydrogens (tertiary/aromatic N) is 1. The largest absolute Gasteiger partial charge is 0.218 e. The van der Waals surface area contributed by atoms with Gasteiger partial charge in [0.2, 0.25) is 9.84 Å². The summed E-state index contributed by atoms with van der Waals surface area (Å²) in [6, 6.07) is 17.0. The van der Waals surface area contributed by atoms with Crippen LogP contribution in [0.1, 0.15) is 5.56 Å². The topological polar surface area (TPSA) is 57.9 Å². The van der Waals surface area contributed by atoms with Gasteiger partial charge in [0, 0.05) is 3.57 Å². The van der Waals surface area contributed by atoms with Crippen LogP contribution in [0, 0.1) is 14.9 Å². The van der Waals surface area contributed by atoms with E-state index in [-0.39, 0.29) is 9.80 Å². The van der Waals surface area contributed by atoms with Gasteiger partial charge in [-0.05, 0) is 58.5 Å². The molecule has 5 heteroatoms. The maximum absolute atomic E-state index is 12.3. The Hall–Kier alpha value is -1.65. The van der Waals surface area contributed by atoms with E-state index in [9.17, 15) is 8.42 Å². The molecule has 0 aliphatic carbocycles. The zero-order chi connectivity index (χ0) is 14.6. The van der Waals surface area contributed by atoms with Gasteiger partial charge in [-0.1, -0.05) is 30.3 Å². The van der Waals surface area contributed by atoms with Crippen LogP contribution in [0.2, 0.25) is 0 Å². The lowest BCUT2D eigenvalue weighted by atomic mass is 10.2. The summed E-state index contributed by atoms with van der Waals surface area (Å²) in [4.78, 5) is -0.136. The number of hydrogen-bond acceptors (Lipinski definition) is 3. The number of halogens is 1. The Labute approximate surface area is 131 Å². The van der Waals surface area contributed by atoms with Gasteiger partial charge in [0.25, 0.3) is 0 Å². The Balaban J connectivity index is 2.48. The zero-order valence-corrected chi connectivity index (χ0v) is 13.3. The predicted molar refractivity (Wildman–Crippen MR) is 86.4 cm³/mol. The number of nitriles is 1. The highest BCUT2D eigenvalue weighted by atomic mass is 127. The first-order valence-corrected chi connectivity index (χ1v) is 8.28. The van der Waals surface area contributed by atoms with Crippen molar-refractivity contribution in [3.63, 3.8) is 0 Å². The fourth-order valence-electron chi connectivity index (χ4n) is 1.61. The molecule has 0 heterocycles. The van der Waals surface area contributed by atoms with E-state index < -0.39 is 9.84 Å². The van der Waals surface area contributed by atoms with E-state index in [2.05, 4.69) is 22.6 Å². The Morgan fingerprint density at radius 3 is 2.20 bits per heavy atom. The lowest BCUT2D eigenvalue weighted by molar-refractivity contribution is 0.603. The van der Waals surface area contributed by atoms with Crippen molar-refractivity contribution in [3.05, 3.63) is 68.6 Å². The molecule has 2 aromatic carbocycles. The normalized spacial score (nSPS) is 11.9. The lowest BCUT2D eigenvalue weighted by Crippen LogP contribution is -2.03. The van der Waals surface area contributed by atoms with Gasteiger partial charge in [0.1, 0.15) is 11.0 Å². The summed E-state index contributed by atoms with van der Waals surface area (Å²) in [5.74, 6) is 0. The third-order valence-electron chi connectivity index (χ3n) is 2.62. The summed E-state index contributed by atoms with van der Waals surface area (Å²) in [7, 11) is -3.76. The maximum atomic E-state index is 12.3. The van der Waals surface area contributed by atoms with Crippen LogP contribution in [-0.2, 0) is 9.84 Å². The van der Waals surface area contributed by atoms with Crippen molar-refractivity contribution in [2.75, 3.05) is 0 Å². The molecule has 3 nitrogen and oxygen atoms in total. The van der Waals surface area contributed by atoms with E-state index >= 15 is 0 Å². The van der Waals surface area contributed by atoms with E-state index in [1.165, 1.54) is 18.2 Å². The second kappa shape index (κ2) is 6.20. The minimum absolute atomic E-state index is 0.123. The molecule has 0 atom stereocenters. The molecule has 100 valence electrons. The maximum Gasteiger partial charge on any atom is 0.216 e. The molecule has 0 fully saturated rings. The minimum Gasteiger partial charge on any atom is -0.218 e. The molecule has 0 N–H and O–H groups in total. The van der Waals surface area contributed by atoms with Crippen LogP contribution in [0.25, 0.3) is 6.08 Å². The third kappa shape index (κ3) is 3.26. The molecule has 0 saturated heterocycles. The molecular formula is C15H10INO2S. The Bertz CT molecular complexity index is 773. The van der Waals surface area contributed by atoms with Crippen molar-refractivity contribution in [3.8, 4) is 6.07 Å². The number of allylic oxidation sites excluding steroid dienone is 1. The van der Waals surface area contributed by atoms with Gasteiger partial charge >= 0.3 is 0 Å². The van der Waals surface area contributed by atoms with Crippen molar-refractivity contribution in [1.82, 2.24) is 0 Å². The molecule has 0 spiro atoms. The van der Waals surface area contributed by atoms with Crippen LogP contribution in [0.3, 0.4) is 0 Å². The SMILES string of the molecule is N#CC(=Cc1ccc(I)cc1)S(=O)(=O)c1ccccc1. The summed E-state index contributed by atoms with van der Waals surface area (Å²) in [5.41, 5.74) is 0.682. The number of sulfone groups is 1. The highest BCUT2D eigenvalue weighted by Crippen LogP contribution is 2.21. The lowest BCUT2D eigenvalue weighted by Gasteiger charge is -2.02. The Kier molecular flexibility index (Phi) is 4.57. The van der Waals surface area contributed by atoms with E-state index in [0.717, 1.165) is 3.57 Å². The Morgan fingerprint density at radius 1 is 1.05 bits per heavy atom. The average Bonchev–Trinajstić information content (AvgIpc) is 2.47. The molecule has 20 heavy (non-hydrogen) atoms. The average molecular weight is 395 g/mol. The Morgan fingerprint density at radius 2 is 1.65 bits per heavy atom. The van der Waals surface area contributed by atoms with Crippen LogP contribution in [0.15, 0.2) is 64.4 Å². The van der Waals surface area contributed by atoms with E-state index in [1.807, 2.05) is 12.1 Å². The summed E-state index contributed by atoms with van der Waals surface area (Å²) < 4.78 is 25.7. The standard InChI is InChI=1S/C15H10INO2S/c16-13-8-6-12(7-9-13)10-15(11-17)20(18,19)14-4-2-1-3-5-14/h1-10H. The van der Waals surface area contributed by atoms with E-state index in [0.29, 0.717) is 5.56 Å². The second-order valence-electron chi connectivity index (χ2n) is 3.99. The number of hydrogen-bond donors (Lipinski definition) is 0. The minimum atomic E-state index is -3.76. The molecule has 0 radical (unpaired) electrons. The molecule has 0 aromatic heterocycles. The number of rotatable bonds is 3. The van der Waals surface area contributed by atoms with Crippen LogP contribution in [-0.4, -0.2) is 8.42 Å². The van der Waals surface area contributed by atoms with E-state index in [1.54, 1.807) is 36.4 Å². The van der Waals surface area contributed by atoms with Crippen LogP contribution < -0.4 is 0 Å². The van der Waals surface area contributed by atoms with Gasteiger partial charge in [-0.15, -0.1) is 0 Å². The molecule has 2 rings (SSSR count). The fraction of sp³-hybridized carbons (Fsp3) is 0. The van der Waals surface area contributed by atoms with Gasteiger partial charge in [-0.25, -0.2) is 8.42 Å². The predicted octanol–water partition coefficient (Wildman–Crippen LogP) is 3.63. The van der Waals surface area contributed by atoms with Crippen molar-refractivity contribution in [1.29, 1.82) is 5.26 Å². The first kappa shape index (κ1) is 14.8. The summed E-state index contributed by atoms with van der Waals surface area (Å²) >= 11 is 2.16. The molecule has 0 aliphatic rings. The third-order valence-corrected chi connectivity index (χ3v) is 5.02. The molecule has 2 aromatic rings. The van der Waals surface area contributed by atoms with Crippen molar-refractivity contribution in [2.24, 2.45) is 0 Å². The molecule has 0 saturated carbocycles. The van der Waals surface area contributed by atoms with Crippen LogP contribution in [0.4, 0.5) is 0 Å². The van der Waals surface area contributed by atoms with Crippen molar-refractivity contribution in [2.45, 2.75) is 4.90 Å². The van der Waals surface area contributed by atoms with Crippen molar-refractivity contribution >= 4 is 38.5 Å². The van der Waals surface area contributed by atoms with Gasteiger partial charge < -0.3 is 0 Å². The summed E-state index contributed by atoms with van der Waals surface area (Å²) in [6.45, 7) is 0. The quantitative estimate of drug-likeness (QED) is 0.589. The van der Waals surface area contributed by atoms with Gasteiger partial charge in [0.15, 0.2) is 0 Å². The molecule has 0 aliphatic heterocycles. The van der Waals surface area contributed by atoms with Gasteiger partial charge in [-0.3, -0.25) is 0 Å². The second-order valence-corrected chi connectivity index (χ2v) is 7.15. The summed E-state index contributed by atoms with van der Waals surface area (Å²) in [6.07, 6.45) is 1.39. The number of benzene rings is 2. The molecule has 0 bridgehead atoms. The summed E-state index contributed by atoms with van der Waals surface area (Å²) in [5, 5.41) is 9.14. The van der Waals surface area contributed by atoms with Gasteiger partial charge in [0.05, 0.1) is 4.90 Å². The molecule has 0 amide bonds. The smallest absolute Gasteiger partial charge is 0.216 e. The first-order valence-electron chi connectivity index (χ1n) is 5.71. The fourth-order valence-corrected chi connectivity index (χ4v) is 3.15. The highest BCUT2D eigenvalue weighted by Gasteiger charge is 2.20. The van der Waals surface area contributed by atoms with Crippen molar-refractivity contribution < 1.29 is 8.42 Å². The van der Waals surface area contributed by atoms with E-state index in [4.69, 9.17) is 5.26 Å².